The second kappa shape index (κ2) is 16.9. The molecule has 0 aliphatic heterocycles. The highest BCUT2D eigenvalue weighted by molar-refractivity contribution is 8.01. The molecule has 0 heterocycles. The van der Waals surface area contributed by atoms with E-state index in [1.54, 1.807) is 39.5 Å². The van der Waals surface area contributed by atoms with Crippen molar-refractivity contribution in [2.75, 3.05) is 38.4 Å². The zero-order chi connectivity index (χ0) is 24.6. The Morgan fingerprint density at radius 2 is 0.906 bits per heavy atom. The fraction of sp³-hybridized carbons (Fsp3) is 0.500. The quantitative estimate of drug-likeness (QED) is 0.166. The maximum Gasteiger partial charge on any atom is 0.647 e. The van der Waals surface area contributed by atoms with Gasteiger partial charge in [-0.15, -0.1) is 35.3 Å². The van der Waals surface area contributed by atoms with E-state index in [0.717, 1.165) is 35.3 Å². The number of rotatable bonds is 15. The van der Waals surface area contributed by atoms with Crippen molar-refractivity contribution in [2.45, 2.75) is 20.8 Å². The molecule has 0 aromatic carbocycles. The van der Waals surface area contributed by atoms with E-state index in [9.17, 15) is 18.9 Å². The van der Waals surface area contributed by atoms with Crippen LogP contribution in [-0.2, 0) is 32.5 Å². The van der Waals surface area contributed by atoms with Gasteiger partial charge in [-0.1, -0.05) is 0 Å². The fourth-order valence-corrected chi connectivity index (χ4v) is 4.39. The van der Waals surface area contributed by atoms with Crippen LogP contribution in [0.2, 0.25) is 0 Å². The zero-order valence-electron chi connectivity index (χ0n) is 18.9. The molecule has 0 aliphatic carbocycles. The Kier molecular flexibility index (Phi) is 16.0. The summed E-state index contributed by atoms with van der Waals surface area (Å²) >= 11 is 3.35. The standard InChI is InChI=1S/C18H30N3O7PS3/c1-7-19-16(22)13(10-30-4)26-29(25,27-14(11-31-5)17(23)20-8-2)28-15(12-32-6)18(24)21-9-3/h10-12H,7-9H2,1-6H3,(H,19,22)(H,20,23)(H,21,24)/b13-10+,14-11+,15-12+. The molecule has 0 aromatic heterocycles. The van der Waals surface area contributed by atoms with Crippen molar-refractivity contribution in [3.8, 4) is 0 Å². The minimum Gasteiger partial charge on any atom is -0.379 e. The second-order valence-corrected chi connectivity index (χ2v) is 9.02. The Bertz CT molecular complexity index is 688. The fourth-order valence-electron chi connectivity index (χ4n) is 1.83. The molecule has 0 spiro atoms. The maximum atomic E-state index is 13.6. The van der Waals surface area contributed by atoms with Gasteiger partial charge in [-0.3, -0.25) is 14.4 Å². The average Bonchev–Trinajstić information content (AvgIpc) is 2.73. The van der Waals surface area contributed by atoms with Crippen LogP contribution in [0.3, 0.4) is 0 Å². The highest BCUT2D eigenvalue weighted by Crippen LogP contribution is 2.55. The van der Waals surface area contributed by atoms with Gasteiger partial charge in [0.05, 0.1) is 0 Å². The lowest BCUT2D eigenvalue weighted by atomic mass is 10.5. The summed E-state index contributed by atoms with van der Waals surface area (Å²) in [6.45, 7) is 5.95. The molecular weight excluding hydrogens is 497 g/mol. The van der Waals surface area contributed by atoms with Gasteiger partial charge >= 0.3 is 7.82 Å². The van der Waals surface area contributed by atoms with E-state index in [1.165, 1.54) is 16.2 Å². The number of nitrogens with one attached hydrogen (secondary N) is 3. The van der Waals surface area contributed by atoms with Crippen LogP contribution in [0.4, 0.5) is 0 Å². The van der Waals surface area contributed by atoms with Gasteiger partial charge in [0.2, 0.25) is 17.3 Å². The molecule has 0 fully saturated rings. The second-order valence-electron chi connectivity index (χ2n) is 5.45. The summed E-state index contributed by atoms with van der Waals surface area (Å²) in [5.74, 6) is -3.09. The van der Waals surface area contributed by atoms with Crippen molar-refractivity contribution in [1.29, 1.82) is 0 Å². The number of thioether (sulfide) groups is 3. The molecule has 3 amide bonds. The summed E-state index contributed by atoms with van der Waals surface area (Å²) in [6.07, 6.45) is 4.99. The largest absolute Gasteiger partial charge is 0.647 e. The molecule has 10 nitrogen and oxygen atoms in total. The van der Waals surface area contributed by atoms with Gasteiger partial charge in [0.25, 0.3) is 17.7 Å². The van der Waals surface area contributed by atoms with Gasteiger partial charge in [0.15, 0.2) is 0 Å². The third-order valence-electron chi connectivity index (χ3n) is 2.99. The molecule has 0 aromatic rings. The molecule has 0 radical (unpaired) electrons. The summed E-state index contributed by atoms with van der Waals surface area (Å²) in [6, 6.07) is 0. The van der Waals surface area contributed by atoms with Crippen molar-refractivity contribution in [3.05, 3.63) is 33.5 Å². The van der Waals surface area contributed by atoms with Crippen LogP contribution in [0.1, 0.15) is 20.8 Å². The summed E-state index contributed by atoms with van der Waals surface area (Å²) in [7, 11) is -4.74. The molecule has 0 saturated heterocycles. The minimum absolute atomic E-state index is 0.285. The number of likely N-dealkylation sites (N-methyl/N-ethyl adjacent to an activating group) is 3. The van der Waals surface area contributed by atoms with Crippen molar-refractivity contribution >= 4 is 60.8 Å². The third-order valence-corrected chi connectivity index (χ3v) is 5.60. The van der Waals surface area contributed by atoms with Crippen molar-refractivity contribution < 1.29 is 32.5 Å². The molecule has 182 valence electrons. The molecular formula is C18H30N3O7PS3. The van der Waals surface area contributed by atoms with Crippen LogP contribution in [0.15, 0.2) is 33.5 Å². The lowest BCUT2D eigenvalue weighted by Gasteiger charge is -2.22. The van der Waals surface area contributed by atoms with Crippen LogP contribution in [0, 0.1) is 0 Å². The lowest BCUT2D eigenvalue weighted by Crippen LogP contribution is -2.28. The summed E-state index contributed by atoms with van der Waals surface area (Å²) in [5, 5.41) is 11.5. The van der Waals surface area contributed by atoms with E-state index in [2.05, 4.69) is 16.0 Å². The summed E-state index contributed by atoms with van der Waals surface area (Å²) in [4.78, 5) is 37.1. The Balaban J connectivity index is 6.31. The van der Waals surface area contributed by atoms with E-state index in [-0.39, 0.29) is 36.9 Å². The highest BCUT2D eigenvalue weighted by Gasteiger charge is 2.39. The molecule has 0 unspecified atom stereocenters. The van der Waals surface area contributed by atoms with Crippen molar-refractivity contribution in [3.63, 3.8) is 0 Å². The van der Waals surface area contributed by atoms with Gasteiger partial charge in [-0.2, -0.15) is 4.57 Å². The molecule has 0 aliphatic rings. The first-order valence-electron chi connectivity index (χ1n) is 9.43. The van der Waals surface area contributed by atoms with Crippen LogP contribution >= 0.6 is 43.1 Å². The first-order chi connectivity index (χ1) is 15.2. The van der Waals surface area contributed by atoms with Gasteiger partial charge in [-0.25, -0.2) is 0 Å². The zero-order valence-corrected chi connectivity index (χ0v) is 22.2. The van der Waals surface area contributed by atoms with E-state index >= 15 is 0 Å². The van der Waals surface area contributed by atoms with E-state index < -0.39 is 25.5 Å². The highest BCUT2D eigenvalue weighted by atomic mass is 32.2. The molecule has 0 atom stereocenters. The first kappa shape index (κ1) is 30.3. The predicted octanol–water partition coefficient (Wildman–Crippen LogP) is 3.17. The molecule has 32 heavy (non-hydrogen) atoms. The van der Waals surface area contributed by atoms with Crippen molar-refractivity contribution in [1.82, 2.24) is 16.0 Å². The molecule has 0 rings (SSSR count). The Morgan fingerprint density at radius 3 is 1.09 bits per heavy atom. The maximum absolute atomic E-state index is 13.6. The number of hydrogen-bond donors (Lipinski definition) is 3. The monoisotopic (exact) mass is 527 g/mol. The number of phosphoric acid groups is 1. The van der Waals surface area contributed by atoms with Gasteiger partial charge < -0.3 is 29.5 Å². The van der Waals surface area contributed by atoms with Crippen LogP contribution in [0.5, 0.6) is 0 Å². The summed E-state index contributed by atoms with van der Waals surface area (Å²) < 4.78 is 29.8. The smallest absolute Gasteiger partial charge is 0.379 e. The number of hydrogen-bond acceptors (Lipinski definition) is 10. The van der Waals surface area contributed by atoms with Crippen LogP contribution < -0.4 is 16.0 Å². The molecule has 14 heteroatoms. The number of phosphoric ester groups is 1. The number of amides is 3. The van der Waals surface area contributed by atoms with Gasteiger partial charge in [0.1, 0.15) is 0 Å². The number of carbonyl (C=O) groups excluding carboxylic acids is 3. The van der Waals surface area contributed by atoms with E-state index in [1.807, 2.05) is 0 Å². The van der Waals surface area contributed by atoms with E-state index in [4.69, 9.17) is 13.6 Å². The average molecular weight is 528 g/mol. The molecule has 0 saturated carbocycles. The van der Waals surface area contributed by atoms with Crippen molar-refractivity contribution in [2.24, 2.45) is 0 Å². The number of carbonyl (C=O) groups is 3. The van der Waals surface area contributed by atoms with Gasteiger partial charge in [0, 0.05) is 35.9 Å². The summed E-state index contributed by atoms with van der Waals surface area (Å²) in [5.41, 5.74) is 0. The Labute approximate surface area is 201 Å². The third kappa shape index (κ3) is 11.3. The molecule has 0 bridgehead atoms. The van der Waals surface area contributed by atoms with E-state index in [0.29, 0.717) is 0 Å². The SMILES string of the molecule is CCNC(=O)/C(=C\SC)OP(=O)(O/C(=C/SC)C(=O)NCC)O/C(=C/SC)C(=O)NCC. The Morgan fingerprint density at radius 1 is 0.656 bits per heavy atom. The van der Waals surface area contributed by atoms with Crippen LogP contribution in [0.25, 0.3) is 0 Å². The van der Waals surface area contributed by atoms with Gasteiger partial charge in [-0.05, 0) is 39.5 Å². The predicted molar refractivity (Wildman–Crippen MR) is 132 cm³/mol. The Hall–Kier alpha value is -1.69. The normalized spacial score (nSPS) is 12.6. The molecule has 3 N–H and O–H groups in total. The van der Waals surface area contributed by atoms with Crippen LogP contribution in [-0.4, -0.2) is 56.1 Å². The minimum atomic E-state index is -4.74. The topological polar surface area (TPSA) is 132 Å². The first-order valence-corrected chi connectivity index (χ1v) is 14.8. The lowest BCUT2D eigenvalue weighted by molar-refractivity contribution is -0.120.